The zero-order valence-electron chi connectivity index (χ0n) is 17.8. The number of morpholine rings is 1. The molecule has 1 heterocycles. The molecule has 1 saturated heterocycles. The first-order valence-electron chi connectivity index (χ1n) is 10.5. The standard InChI is InChI=1S/C22H28ClN3O5S/c23-20-15-19(32(28,29)25-16-18-5-2-1-3-6-18)7-8-21(20)31-17-22(27)24-9-4-10-26-11-13-30-14-12-26/h1-3,5-8,15,25H,4,9-14,16-17H2,(H,24,27). The number of benzene rings is 2. The maximum atomic E-state index is 12.5. The third-order valence-corrected chi connectivity index (χ3v) is 6.65. The lowest BCUT2D eigenvalue weighted by Crippen LogP contribution is -2.38. The van der Waals surface area contributed by atoms with Crippen molar-refractivity contribution >= 4 is 27.5 Å². The number of amides is 1. The van der Waals surface area contributed by atoms with Crippen molar-refractivity contribution in [2.24, 2.45) is 0 Å². The summed E-state index contributed by atoms with van der Waals surface area (Å²) in [6.45, 7) is 4.78. The fourth-order valence-corrected chi connectivity index (χ4v) is 4.52. The molecule has 0 spiro atoms. The highest BCUT2D eigenvalue weighted by Gasteiger charge is 2.16. The van der Waals surface area contributed by atoms with Gasteiger partial charge in [-0.25, -0.2) is 13.1 Å². The van der Waals surface area contributed by atoms with Crippen molar-refractivity contribution in [3.8, 4) is 5.75 Å². The molecule has 1 amide bonds. The van der Waals surface area contributed by atoms with Gasteiger partial charge in [-0.2, -0.15) is 0 Å². The van der Waals surface area contributed by atoms with Crippen molar-refractivity contribution in [1.82, 2.24) is 14.9 Å². The molecule has 3 rings (SSSR count). The molecule has 2 N–H and O–H groups in total. The number of carbonyl (C=O) groups is 1. The molecule has 0 aliphatic carbocycles. The van der Waals surface area contributed by atoms with Crippen molar-refractivity contribution in [3.05, 3.63) is 59.1 Å². The van der Waals surface area contributed by atoms with E-state index < -0.39 is 10.0 Å². The Balaban J connectivity index is 1.42. The lowest BCUT2D eigenvalue weighted by Gasteiger charge is -2.26. The van der Waals surface area contributed by atoms with E-state index in [-0.39, 0.29) is 34.7 Å². The summed E-state index contributed by atoms with van der Waals surface area (Å²) in [5.74, 6) is -0.0126. The summed E-state index contributed by atoms with van der Waals surface area (Å²) >= 11 is 6.18. The molecule has 10 heteroatoms. The van der Waals surface area contributed by atoms with Crippen molar-refractivity contribution in [2.45, 2.75) is 17.9 Å². The molecule has 8 nitrogen and oxygen atoms in total. The summed E-state index contributed by atoms with van der Waals surface area (Å²) in [4.78, 5) is 14.3. The highest BCUT2D eigenvalue weighted by molar-refractivity contribution is 7.89. The van der Waals surface area contributed by atoms with Gasteiger partial charge in [0.2, 0.25) is 10.0 Å². The minimum atomic E-state index is -3.73. The van der Waals surface area contributed by atoms with Crippen LogP contribution in [-0.4, -0.2) is 65.2 Å². The van der Waals surface area contributed by atoms with Gasteiger partial charge < -0.3 is 14.8 Å². The van der Waals surface area contributed by atoms with Gasteiger partial charge in [-0.15, -0.1) is 0 Å². The minimum absolute atomic E-state index is 0.0262. The predicted molar refractivity (Wildman–Crippen MR) is 122 cm³/mol. The molecule has 0 radical (unpaired) electrons. The first kappa shape index (κ1) is 24.5. The average Bonchev–Trinajstić information content (AvgIpc) is 2.81. The number of halogens is 1. The molecule has 0 unspecified atom stereocenters. The van der Waals surface area contributed by atoms with E-state index in [0.717, 1.165) is 44.8 Å². The number of rotatable bonds is 11. The van der Waals surface area contributed by atoms with Gasteiger partial charge in [0.15, 0.2) is 6.61 Å². The summed E-state index contributed by atoms with van der Waals surface area (Å²) in [5, 5.41) is 2.93. The van der Waals surface area contributed by atoms with E-state index in [1.54, 1.807) is 0 Å². The normalized spacial score (nSPS) is 14.8. The monoisotopic (exact) mass is 481 g/mol. The molecular weight excluding hydrogens is 454 g/mol. The van der Waals surface area contributed by atoms with Crippen LogP contribution in [0.4, 0.5) is 0 Å². The van der Waals surface area contributed by atoms with Gasteiger partial charge in [0.1, 0.15) is 5.75 Å². The van der Waals surface area contributed by atoms with Crippen LogP contribution in [0.2, 0.25) is 5.02 Å². The van der Waals surface area contributed by atoms with Gasteiger partial charge >= 0.3 is 0 Å². The summed E-state index contributed by atoms with van der Waals surface area (Å²) in [7, 11) is -3.73. The van der Waals surface area contributed by atoms with Crippen molar-refractivity contribution < 1.29 is 22.7 Å². The summed E-state index contributed by atoms with van der Waals surface area (Å²) in [5.41, 5.74) is 0.845. The Hall–Kier alpha value is -2.17. The molecule has 2 aromatic carbocycles. The van der Waals surface area contributed by atoms with Crippen molar-refractivity contribution in [1.29, 1.82) is 0 Å². The first-order valence-corrected chi connectivity index (χ1v) is 12.3. The van der Waals surface area contributed by atoms with Crippen LogP contribution in [0.25, 0.3) is 0 Å². The largest absolute Gasteiger partial charge is 0.482 e. The molecule has 1 aliphatic rings. The van der Waals surface area contributed by atoms with E-state index in [1.807, 2.05) is 30.3 Å². The highest BCUT2D eigenvalue weighted by Crippen LogP contribution is 2.27. The molecule has 32 heavy (non-hydrogen) atoms. The molecule has 1 fully saturated rings. The van der Waals surface area contributed by atoms with E-state index >= 15 is 0 Å². The fourth-order valence-electron chi connectivity index (χ4n) is 3.17. The Morgan fingerprint density at radius 2 is 1.88 bits per heavy atom. The Bertz CT molecular complexity index is 982. The number of sulfonamides is 1. The number of hydrogen-bond acceptors (Lipinski definition) is 6. The molecule has 0 saturated carbocycles. The third-order valence-electron chi connectivity index (χ3n) is 4.96. The lowest BCUT2D eigenvalue weighted by atomic mass is 10.2. The molecule has 0 atom stereocenters. The van der Waals surface area contributed by atoms with E-state index in [9.17, 15) is 13.2 Å². The summed E-state index contributed by atoms with van der Waals surface area (Å²) in [6.07, 6.45) is 0.842. The van der Waals surface area contributed by atoms with E-state index in [1.165, 1.54) is 18.2 Å². The third kappa shape index (κ3) is 7.75. The SMILES string of the molecule is O=C(COc1ccc(S(=O)(=O)NCc2ccccc2)cc1Cl)NCCCN1CCOCC1. The maximum Gasteiger partial charge on any atom is 0.257 e. The number of nitrogens with one attached hydrogen (secondary N) is 2. The number of nitrogens with zero attached hydrogens (tertiary/aromatic N) is 1. The van der Waals surface area contributed by atoms with E-state index in [0.29, 0.717) is 6.54 Å². The van der Waals surface area contributed by atoms with Gasteiger partial charge in [0, 0.05) is 26.2 Å². The topological polar surface area (TPSA) is 97.0 Å². The number of ether oxygens (including phenoxy) is 2. The van der Waals surface area contributed by atoms with Crippen LogP contribution >= 0.6 is 11.6 Å². The molecule has 0 bridgehead atoms. The molecule has 0 aromatic heterocycles. The second-order valence-electron chi connectivity index (χ2n) is 7.35. The van der Waals surface area contributed by atoms with Crippen LogP contribution in [0.5, 0.6) is 5.75 Å². The zero-order chi connectivity index (χ0) is 22.8. The van der Waals surface area contributed by atoms with E-state index in [4.69, 9.17) is 21.1 Å². The lowest BCUT2D eigenvalue weighted by molar-refractivity contribution is -0.123. The van der Waals surface area contributed by atoms with Gasteiger partial charge in [-0.1, -0.05) is 41.9 Å². The zero-order valence-corrected chi connectivity index (χ0v) is 19.3. The van der Waals surface area contributed by atoms with Gasteiger partial charge in [-0.05, 0) is 36.7 Å². The highest BCUT2D eigenvalue weighted by atomic mass is 35.5. The molecular formula is C22H28ClN3O5S. The van der Waals surface area contributed by atoms with Crippen molar-refractivity contribution in [2.75, 3.05) is 46.0 Å². The number of carbonyl (C=O) groups excluding carboxylic acids is 1. The average molecular weight is 482 g/mol. The fraction of sp³-hybridized carbons (Fsp3) is 0.409. The van der Waals surface area contributed by atoms with Gasteiger partial charge in [0.05, 0.1) is 23.1 Å². The minimum Gasteiger partial charge on any atom is -0.482 e. The Morgan fingerprint density at radius 1 is 1.12 bits per heavy atom. The molecule has 1 aliphatic heterocycles. The second-order valence-corrected chi connectivity index (χ2v) is 9.52. The molecule has 2 aromatic rings. The Labute approximate surface area is 193 Å². The maximum absolute atomic E-state index is 12.5. The van der Waals surface area contributed by atoms with Crippen LogP contribution in [0.1, 0.15) is 12.0 Å². The Kier molecular flexibility index (Phi) is 9.31. The smallest absolute Gasteiger partial charge is 0.257 e. The van der Waals surface area contributed by atoms with Gasteiger partial charge in [-0.3, -0.25) is 9.69 Å². The van der Waals surface area contributed by atoms with Crippen LogP contribution in [0, 0.1) is 0 Å². The van der Waals surface area contributed by atoms with Crippen molar-refractivity contribution in [3.63, 3.8) is 0 Å². The van der Waals surface area contributed by atoms with Crippen LogP contribution in [0.15, 0.2) is 53.4 Å². The quantitative estimate of drug-likeness (QED) is 0.477. The Morgan fingerprint density at radius 3 is 2.59 bits per heavy atom. The van der Waals surface area contributed by atoms with Crippen LogP contribution in [0.3, 0.4) is 0 Å². The predicted octanol–water partition coefficient (Wildman–Crippen LogP) is 2.04. The second kappa shape index (κ2) is 12.2. The first-order chi connectivity index (χ1) is 15.4. The van der Waals surface area contributed by atoms with E-state index in [2.05, 4.69) is 14.9 Å². The van der Waals surface area contributed by atoms with Crippen LogP contribution in [-0.2, 0) is 26.1 Å². The van der Waals surface area contributed by atoms with Gasteiger partial charge in [0.25, 0.3) is 5.91 Å². The summed E-state index contributed by atoms with van der Waals surface area (Å²) < 4.78 is 38.3. The summed E-state index contributed by atoms with van der Waals surface area (Å²) in [6, 6.07) is 13.4. The molecule has 174 valence electrons. The van der Waals surface area contributed by atoms with Crippen LogP contribution < -0.4 is 14.8 Å². The number of hydrogen-bond donors (Lipinski definition) is 2.